The number of halogens is 2. The minimum Gasteiger partial charge on any atom is -0.466 e. The molecule has 154 valence electrons. The molecule has 0 aliphatic carbocycles. The van der Waals surface area contributed by atoms with Crippen LogP contribution in [0.1, 0.15) is 18.9 Å². The Kier molecular flexibility index (Phi) is 7.14. The van der Waals surface area contributed by atoms with E-state index in [0.717, 1.165) is 22.8 Å². The lowest BCUT2D eigenvalue weighted by Crippen LogP contribution is -2.13. The lowest BCUT2D eigenvalue weighted by Gasteiger charge is -2.08. The Morgan fingerprint density at radius 2 is 1.83 bits per heavy atom. The summed E-state index contributed by atoms with van der Waals surface area (Å²) < 4.78 is 24.1. The number of aromatic nitrogens is 1. The molecule has 0 atom stereocenters. The van der Waals surface area contributed by atoms with E-state index in [0.29, 0.717) is 5.75 Å². The minimum atomic E-state index is -0.647. The first-order chi connectivity index (χ1) is 14.4. The largest absolute Gasteiger partial charge is 0.466 e. The van der Waals surface area contributed by atoms with Crippen molar-refractivity contribution < 1.29 is 23.5 Å². The molecular formula is C23H19ClFNO4. The molecule has 1 heterocycles. The first-order valence-electron chi connectivity index (χ1n) is 9.30. The van der Waals surface area contributed by atoms with Crippen LogP contribution in [0.3, 0.4) is 0 Å². The van der Waals surface area contributed by atoms with Crippen LogP contribution in [-0.4, -0.2) is 23.3 Å². The van der Waals surface area contributed by atoms with Crippen LogP contribution in [0.5, 0.6) is 11.6 Å². The summed E-state index contributed by atoms with van der Waals surface area (Å²) >= 11 is 5.69. The smallest absolute Gasteiger partial charge is 0.313 e. The highest BCUT2D eigenvalue weighted by Crippen LogP contribution is 2.27. The third-order valence-corrected chi connectivity index (χ3v) is 4.36. The number of hydrogen-bond donors (Lipinski definition) is 0. The molecule has 2 aromatic carbocycles. The molecule has 0 radical (unpaired) electrons. The molecule has 0 aliphatic rings. The first kappa shape index (κ1) is 21.5. The average molecular weight is 428 g/mol. The topological polar surface area (TPSA) is 65.5 Å². The molecule has 0 unspecified atom stereocenters. The van der Waals surface area contributed by atoms with Gasteiger partial charge in [0, 0.05) is 12.6 Å². The van der Waals surface area contributed by atoms with Crippen molar-refractivity contribution in [3.63, 3.8) is 0 Å². The van der Waals surface area contributed by atoms with Gasteiger partial charge in [-0.2, -0.15) is 0 Å². The van der Waals surface area contributed by atoms with Crippen molar-refractivity contribution in [2.75, 3.05) is 6.61 Å². The maximum atomic E-state index is 13.8. The second kappa shape index (κ2) is 9.98. The number of pyridine rings is 1. The minimum absolute atomic E-state index is 0.148. The number of rotatable bonds is 8. The number of esters is 1. The van der Waals surface area contributed by atoms with E-state index in [4.69, 9.17) is 21.1 Å². The van der Waals surface area contributed by atoms with E-state index in [1.165, 1.54) is 6.20 Å². The van der Waals surface area contributed by atoms with E-state index in [1.807, 2.05) is 36.4 Å². The van der Waals surface area contributed by atoms with Gasteiger partial charge in [-0.05, 0) is 41.8 Å². The highest BCUT2D eigenvalue weighted by Gasteiger charge is 2.12. The van der Waals surface area contributed by atoms with Gasteiger partial charge in [0.1, 0.15) is 18.0 Å². The van der Waals surface area contributed by atoms with E-state index in [1.54, 1.807) is 19.1 Å². The number of benzene rings is 2. The lowest BCUT2D eigenvalue weighted by atomic mass is 10.00. The Hall–Kier alpha value is -3.25. The predicted octanol–water partition coefficient (Wildman–Crippen LogP) is 5.40. The van der Waals surface area contributed by atoms with Gasteiger partial charge in [0.2, 0.25) is 0 Å². The fourth-order valence-electron chi connectivity index (χ4n) is 2.83. The molecule has 30 heavy (non-hydrogen) atoms. The van der Waals surface area contributed by atoms with Crippen LogP contribution >= 0.6 is 11.6 Å². The zero-order valence-electron chi connectivity index (χ0n) is 16.2. The molecule has 5 nitrogen and oxygen atoms in total. The summed E-state index contributed by atoms with van der Waals surface area (Å²) in [6, 6.07) is 15.7. The fourth-order valence-corrected chi connectivity index (χ4v) is 2.97. The van der Waals surface area contributed by atoms with Crippen molar-refractivity contribution in [1.29, 1.82) is 0 Å². The number of ketones is 1. The summed E-state index contributed by atoms with van der Waals surface area (Å²) in [5.74, 6) is -1.10. The Bertz CT molecular complexity index is 1050. The van der Waals surface area contributed by atoms with Gasteiger partial charge < -0.3 is 9.47 Å². The van der Waals surface area contributed by atoms with Crippen LogP contribution in [-0.2, 0) is 20.7 Å². The fraction of sp³-hybridized carbons (Fsp3) is 0.174. The molecule has 0 fully saturated rings. The molecule has 0 N–H and O–H groups in total. The number of nitrogens with zero attached hydrogens (tertiary/aromatic N) is 1. The molecular weight excluding hydrogens is 409 g/mol. The summed E-state index contributed by atoms with van der Waals surface area (Å²) in [6.45, 7) is 1.95. The van der Waals surface area contributed by atoms with Gasteiger partial charge in [0.15, 0.2) is 5.82 Å². The molecule has 1 aromatic heterocycles. The van der Waals surface area contributed by atoms with E-state index in [2.05, 4.69) is 4.98 Å². The average Bonchev–Trinajstić information content (AvgIpc) is 2.71. The Balaban J connectivity index is 1.68. The zero-order valence-corrected chi connectivity index (χ0v) is 17.0. The molecule has 0 saturated carbocycles. The molecule has 0 amide bonds. The maximum Gasteiger partial charge on any atom is 0.313 e. The van der Waals surface area contributed by atoms with Crippen molar-refractivity contribution in [2.45, 2.75) is 19.8 Å². The van der Waals surface area contributed by atoms with Gasteiger partial charge in [-0.3, -0.25) is 9.59 Å². The number of ether oxygens (including phenoxy) is 2. The van der Waals surface area contributed by atoms with E-state index < -0.39 is 11.8 Å². The second-order valence-electron chi connectivity index (χ2n) is 6.46. The van der Waals surface area contributed by atoms with Crippen LogP contribution in [0.25, 0.3) is 11.1 Å². The van der Waals surface area contributed by atoms with Gasteiger partial charge in [-0.1, -0.05) is 48.0 Å². The monoisotopic (exact) mass is 427 g/mol. The van der Waals surface area contributed by atoms with Gasteiger partial charge >= 0.3 is 5.97 Å². The van der Waals surface area contributed by atoms with Crippen molar-refractivity contribution in [3.8, 4) is 22.8 Å². The Morgan fingerprint density at radius 3 is 2.53 bits per heavy atom. The predicted molar refractivity (Wildman–Crippen MR) is 111 cm³/mol. The summed E-state index contributed by atoms with van der Waals surface area (Å²) in [5.41, 5.74) is 2.60. The Labute approximate surface area is 178 Å². The number of hydrogen-bond acceptors (Lipinski definition) is 5. The highest BCUT2D eigenvalue weighted by molar-refractivity contribution is 6.30. The van der Waals surface area contributed by atoms with Crippen molar-refractivity contribution in [3.05, 3.63) is 77.2 Å². The van der Waals surface area contributed by atoms with Gasteiger partial charge in [-0.15, -0.1) is 0 Å². The van der Waals surface area contributed by atoms with E-state index >= 15 is 0 Å². The third-order valence-electron chi connectivity index (χ3n) is 4.15. The van der Waals surface area contributed by atoms with Crippen molar-refractivity contribution >= 4 is 23.4 Å². The van der Waals surface area contributed by atoms with Gasteiger partial charge in [-0.25, -0.2) is 9.37 Å². The molecule has 3 aromatic rings. The van der Waals surface area contributed by atoms with E-state index in [-0.39, 0.29) is 36.1 Å². The molecule has 0 bridgehead atoms. The summed E-state index contributed by atoms with van der Waals surface area (Å²) in [4.78, 5) is 27.3. The van der Waals surface area contributed by atoms with Gasteiger partial charge in [0.05, 0.1) is 11.6 Å². The number of carbonyl (C=O) groups is 2. The summed E-state index contributed by atoms with van der Waals surface area (Å²) in [6.07, 6.45) is 1.22. The van der Waals surface area contributed by atoms with Crippen LogP contribution in [0.15, 0.2) is 60.8 Å². The maximum absolute atomic E-state index is 13.8. The molecule has 0 spiro atoms. The summed E-state index contributed by atoms with van der Waals surface area (Å²) in [5, 5.41) is 0.191. The third kappa shape index (κ3) is 5.87. The number of carbonyl (C=O) groups excluding carboxylic acids is 2. The van der Waals surface area contributed by atoms with Crippen LogP contribution in [0.4, 0.5) is 4.39 Å². The van der Waals surface area contributed by atoms with Crippen molar-refractivity contribution in [2.24, 2.45) is 0 Å². The second-order valence-corrected chi connectivity index (χ2v) is 6.90. The molecule has 7 heteroatoms. The lowest BCUT2D eigenvalue weighted by molar-refractivity contribution is -0.145. The standard InChI is InChI=1S/C23H19ClFNO4/c1-2-29-22(28)13-19(27)11-15-4-3-5-17(10-15)16-6-8-20(9-7-16)30-23-21(25)12-18(24)14-26-23/h3-10,12,14H,2,11,13H2,1H3. The SMILES string of the molecule is CCOC(=O)CC(=O)Cc1cccc(-c2ccc(Oc3ncc(Cl)cc3F)cc2)c1. The molecule has 0 aliphatic heterocycles. The number of Topliss-reactive ketones (excluding diaryl/α,β-unsaturated/α-hetero) is 1. The summed E-state index contributed by atoms with van der Waals surface area (Å²) in [7, 11) is 0. The van der Waals surface area contributed by atoms with Crippen molar-refractivity contribution in [1.82, 2.24) is 4.98 Å². The van der Waals surface area contributed by atoms with E-state index in [9.17, 15) is 14.0 Å². The van der Waals surface area contributed by atoms with Crippen LogP contribution in [0.2, 0.25) is 5.02 Å². The quantitative estimate of drug-likeness (QED) is 0.356. The highest BCUT2D eigenvalue weighted by atomic mass is 35.5. The molecule has 3 rings (SSSR count). The van der Waals surface area contributed by atoms with Gasteiger partial charge in [0.25, 0.3) is 5.88 Å². The van der Waals surface area contributed by atoms with Crippen LogP contribution < -0.4 is 4.74 Å². The Morgan fingerprint density at radius 1 is 1.07 bits per heavy atom. The normalized spacial score (nSPS) is 10.5. The molecule has 0 saturated heterocycles. The van der Waals surface area contributed by atoms with Crippen LogP contribution in [0, 0.1) is 5.82 Å². The first-order valence-corrected chi connectivity index (χ1v) is 9.68. The zero-order chi connectivity index (χ0) is 21.5.